The van der Waals surface area contributed by atoms with Crippen LogP contribution >= 0.6 is 35.6 Å². The second-order valence-electron chi connectivity index (χ2n) is 2.11. The molecule has 0 amide bonds. The van der Waals surface area contributed by atoms with E-state index < -0.39 is 0 Å². The highest BCUT2D eigenvalue weighted by atomic mass is 35.5. The summed E-state index contributed by atoms with van der Waals surface area (Å²) in [4.78, 5) is 4.18. The van der Waals surface area contributed by atoms with Gasteiger partial charge in [0, 0.05) is 5.02 Å². The summed E-state index contributed by atoms with van der Waals surface area (Å²) in [5, 5.41) is 0.745. The lowest BCUT2D eigenvalue weighted by Gasteiger charge is -1.86. The quantitative estimate of drug-likeness (QED) is 0.646. The molecule has 0 aliphatic rings. The molecule has 56 valence electrons. The molecule has 4 heteroatoms. The highest BCUT2D eigenvalue weighted by Crippen LogP contribution is 2.26. The number of thiazole rings is 1. The number of hydrogen-bond acceptors (Lipinski definition) is 3. The highest BCUT2D eigenvalue weighted by Gasteiger charge is 1.99. The lowest BCUT2D eigenvalue weighted by atomic mass is 10.3. The van der Waals surface area contributed by atoms with Crippen molar-refractivity contribution in [3.63, 3.8) is 0 Å². The first-order valence-corrected chi connectivity index (χ1v) is 4.65. The number of rotatable bonds is 0. The van der Waals surface area contributed by atoms with Crippen LogP contribution in [0.15, 0.2) is 22.5 Å². The summed E-state index contributed by atoms with van der Waals surface area (Å²) in [5.74, 6) is 0. The Morgan fingerprint density at radius 2 is 2.27 bits per heavy atom. The minimum Gasteiger partial charge on any atom is -0.230 e. The molecule has 0 aliphatic heterocycles. The fourth-order valence-corrected chi connectivity index (χ4v) is 2.27. The van der Waals surface area contributed by atoms with Gasteiger partial charge in [0.25, 0.3) is 0 Å². The van der Waals surface area contributed by atoms with E-state index in [-0.39, 0.29) is 0 Å². The van der Waals surface area contributed by atoms with E-state index in [0.29, 0.717) is 0 Å². The first-order valence-electron chi connectivity index (χ1n) is 3.01. The van der Waals surface area contributed by atoms with Gasteiger partial charge in [-0.25, -0.2) is 4.98 Å². The van der Waals surface area contributed by atoms with Gasteiger partial charge >= 0.3 is 0 Å². The third-order valence-corrected chi connectivity index (χ3v) is 2.77. The van der Waals surface area contributed by atoms with Crippen molar-refractivity contribution in [2.45, 2.75) is 4.34 Å². The zero-order valence-electron chi connectivity index (χ0n) is 5.41. The molecule has 11 heavy (non-hydrogen) atoms. The Labute approximate surface area is 78.4 Å². The predicted molar refractivity (Wildman–Crippen MR) is 51.9 cm³/mol. The molecule has 0 spiro atoms. The van der Waals surface area contributed by atoms with Crippen molar-refractivity contribution in [1.29, 1.82) is 0 Å². The third kappa shape index (κ3) is 1.36. The van der Waals surface area contributed by atoms with Gasteiger partial charge in [-0.15, -0.1) is 24.0 Å². The number of aromatic nitrogens is 1. The summed E-state index contributed by atoms with van der Waals surface area (Å²) in [6, 6.07) is 5.62. The summed E-state index contributed by atoms with van der Waals surface area (Å²) < 4.78 is 1.87. The predicted octanol–water partition coefficient (Wildman–Crippen LogP) is 3.24. The van der Waals surface area contributed by atoms with Crippen molar-refractivity contribution >= 4 is 45.8 Å². The zero-order chi connectivity index (χ0) is 7.84. The zero-order valence-corrected chi connectivity index (χ0v) is 7.88. The largest absolute Gasteiger partial charge is 0.230 e. The molecule has 1 aromatic heterocycles. The van der Waals surface area contributed by atoms with Gasteiger partial charge in [-0.2, -0.15) is 0 Å². The van der Waals surface area contributed by atoms with E-state index in [1.807, 2.05) is 18.2 Å². The van der Waals surface area contributed by atoms with Crippen LogP contribution in [0.3, 0.4) is 0 Å². The SMILES string of the molecule is Sc1nc2ccc(Cl)cc2s1. The van der Waals surface area contributed by atoms with Crippen molar-refractivity contribution < 1.29 is 0 Å². The normalized spacial score (nSPS) is 10.7. The number of fused-ring (bicyclic) bond motifs is 1. The fraction of sp³-hybridized carbons (Fsp3) is 0. The van der Waals surface area contributed by atoms with E-state index in [9.17, 15) is 0 Å². The summed E-state index contributed by atoms with van der Waals surface area (Å²) in [6.07, 6.45) is 0. The molecule has 1 nitrogen and oxygen atoms in total. The van der Waals surface area contributed by atoms with Crippen LogP contribution < -0.4 is 0 Å². The average Bonchev–Trinajstić information content (AvgIpc) is 2.27. The van der Waals surface area contributed by atoms with Crippen molar-refractivity contribution in [3.05, 3.63) is 23.2 Å². The van der Waals surface area contributed by atoms with Gasteiger partial charge in [0.2, 0.25) is 0 Å². The molecular formula is C7H4ClNS2. The van der Waals surface area contributed by atoms with Gasteiger partial charge in [-0.1, -0.05) is 11.6 Å². The lowest BCUT2D eigenvalue weighted by Crippen LogP contribution is -1.65. The molecular weight excluding hydrogens is 198 g/mol. The first kappa shape index (κ1) is 7.40. The molecule has 0 aliphatic carbocycles. The molecule has 0 saturated carbocycles. The molecule has 0 unspecified atom stereocenters. The maximum Gasteiger partial charge on any atom is 0.148 e. The number of benzene rings is 1. The minimum atomic E-state index is 0.745. The van der Waals surface area contributed by atoms with E-state index >= 15 is 0 Å². The molecule has 1 aromatic carbocycles. The molecule has 0 bridgehead atoms. The Kier molecular flexibility index (Phi) is 1.79. The van der Waals surface area contributed by atoms with E-state index in [1.54, 1.807) is 0 Å². The van der Waals surface area contributed by atoms with Gasteiger partial charge in [-0.3, -0.25) is 0 Å². The fourth-order valence-electron chi connectivity index (χ4n) is 0.886. The monoisotopic (exact) mass is 201 g/mol. The maximum atomic E-state index is 5.78. The Morgan fingerprint density at radius 1 is 1.45 bits per heavy atom. The van der Waals surface area contributed by atoms with Gasteiger partial charge in [0.1, 0.15) is 4.34 Å². The Balaban J connectivity index is 2.82. The van der Waals surface area contributed by atoms with Crippen molar-refractivity contribution in [1.82, 2.24) is 4.98 Å². The van der Waals surface area contributed by atoms with Gasteiger partial charge < -0.3 is 0 Å². The molecule has 0 radical (unpaired) electrons. The molecule has 0 saturated heterocycles. The van der Waals surface area contributed by atoms with E-state index in [4.69, 9.17) is 11.6 Å². The van der Waals surface area contributed by atoms with E-state index in [0.717, 1.165) is 19.6 Å². The molecule has 2 rings (SSSR count). The standard InChI is InChI=1S/C7H4ClNS2/c8-4-1-2-5-6(3-4)11-7(10)9-5/h1-3H,(H,9,10). The molecule has 0 N–H and O–H groups in total. The van der Waals surface area contributed by atoms with Crippen LogP contribution in [0.5, 0.6) is 0 Å². The minimum absolute atomic E-state index is 0.745. The Bertz CT molecular complexity index is 396. The average molecular weight is 202 g/mol. The Morgan fingerprint density at radius 3 is 3.09 bits per heavy atom. The summed E-state index contributed by atoms with van der Waals surface area (Å²) in [5.41, 5.74) is 0.962. The summed E-state index contributed by atoms with van der Waals surface area (Å²) in [6.45, 7) is 0. The van der Waals surface area contributed by atoms with Crippen LogP contribution in [0.2, 0.25) is 5.02 Å². The van der Waals surface area contributed by atoms with Gasteiger partial charge in [0.05, 0.1) is 10.2 Å². The molecule has 1 heterocycles. The van der Waals surface area contributed by atoms with Crippen LogP contribution in [-0.4, -0.2) is 4.98 Å². The number of nitrogens with zero attached hydrogens (tertiary/aromatic N) is 1. The topological polar surface area (TPSA) is 12.9 Å². The number of hydrogen-bond donors (Lipinski definition) is 1. The Hall–Kier alpha value is -0.250. The van der Waals surface area contributed by atoms with E-state index in [1.165, 1.54) is 11.3 Å². The van der Waals surface area contributed by atoms with Gasteiger partial charge in [0.15, 0.2) is 0 Å². The van der Waals surface area contributed by atoms with Crippen LogP contribution in [0, 0.1) is 0 Å². The number of halogens is 1. The highest BCUT2D eigenvalue weighted by molar-refractivity contribution is 7.82. The smallest absolute Gasteiger partial charge is 0.148 e. The maximum absolute atomic E-state index is 5.78. The first-order chi connectivity index (χ1) is 5.25. The van der Waals surface area contributed by atoms with Crippen LogP contribution in [-0.2, 0) is 0 Å². The van der Waals surface area contributed by atoms with Crippen molar-refractivity contribution in [2.75, 3.05) is 0 Å². The second-order valence-corrected chi connectivity index (χ2v) is 4.30. The third-order valence-electron chi connectivity index (χ3n) is 1.34. The molecule has 0 fully saturated rings. The van der Waals surface area contributed by atoms with Crippen molar-refractivity contribution in [3.8, 4) is 0 Å². The van der Waals surface area contributed by atoms with Gasteiger partial charge in [-0.05, 0) is 18.2 Å². The molecule has 0 atom stereocenters. The summed E-state index contributed by atoms with van der Waals surface area (Å²) >= 11 is 11.5. The van der Waals surface area contributed by atoms with Crippen LogP contribution in [0.4, 0.5) is 0 Å². The van der Waals surface area contributed by atoms with Crippen LogP contribution in [0.25, 0.3) is 10.2 Å². The van der Waals surface area contributed by atoms with Crippen LogP contribution in [0.1, 0.15) is 0 Å². The summed E-state index contributed by atoms with van der Waals surface area (Å²) in [7, 11) is 0. The lowest BCUT2D eigenvalue weighted by molar-refractivity contribution is 1.31. The van der Waals surface area contributed by atoms with E-state index in [2.05, 4.69) is 17.6 Å². The number of thiol groups is 1. The molecule has 2 aromatic rings. The van der Waals surface area contributed by atoms with Crippen molar-refractivity contribution in [2.24, 2.45) is 0 Å². The second kappa shape index (κ2) is 2.66.